The summed E-state index contributed by atoms with van der Waals surface area (Å²) in [5.41, 5.74) is 7.85. The van der Waals surface area contributed by atoms with Gasteiger partial charge in [-0.1, -0.05) is 24.3 Å². The van der Waals surface area contributed by atoms with Gasteiger partial charge < -0.3 is 25.8 Å². The van der Waals surface area contributed by atoms with Gasteiger partial charge in [0.2, 0.25) is 5.91 Å². The molecule has 1 aliphatic rings. The summed E-state index contributed by atoms with van der Waals surface area (Å²) in [6.07, 6.45) is 6.51. The lowest BCUT2D eigenvalue weighted by atomic mass is 9.96. The number of fused-ring (bicyclic) bond motifs is 1. The van der Waals surface area contributed by atoms with Crippen molar-refractivity contribution in [1.29, 1.82) is 0 Å². The Labute approximate surface area is 218 Å². The van der Waals surface area contributed by atoms with E-state index >= 15 is 0 Å². The number of nitrogens with zero attached hydrogens (tertiary/aromatic N) is 4. The van der Waals surface area contributed by atoms with Crippen LogP contribution >= 0.6 is 24.0 Å². The molecule has 4 N–H and O–H groups in total. The Bertz CT molecular complexity index is 1110. The van der Waals surface area contributed by atoms with E-state index in [2.05, 4.69) is 72.7 Å². The van der Waals surface area contributed by atoms with E-state index in [9.17, 15) is 4.79 Å². The van der Waals surface area contributed by atoms with Crippen LogP contribution in [0.1, 0.15) is 24.8 Å². The number of primary amides is 1. The van der Waals surface area contributed by atoms with Gasteiger partial charge >= 0.3 is 0 Å². The van der Waals surface area contributed by atoms with Crippen LogP contribution < -0.4 is 21.3 Å². The van der Waals surface area contributed by atoms with Crippen molar-refractivity contribution in [2.75, 3.05) is 31.6 Å². The smallest absolute Gasteiger partial charge is 0.220 e. The van der Waals surface area contributed by atoms with Gasteiger partial charge in [0.15, 0.2) is 5.96 Å². The zero-order chi connectivity index (χ0) is 23.0. The molecule has 8 nitrogen and oxygen atoms in total. The van der Waals surface area contributed by atoms with Gasteiger partial charge in [0, 0.05) is 69.2 Å². The fraction of sp³-hybridized carbons (Fsp3) is 0.400. The molecule has 2 aromatic heterocycles. The third-order valence-electron chi connectivity index (χ3n) is 6.28. The summed E-state index contributed by atoms with van der Waals surface area (Å²) in [7, 11) is 1.79. The van der Waals surface area contributed by atoms with E-state index in [1.807, 2.05) is 12.3 Å². The number of carbonyl (C=O) groups excluding carboxylic acids is 1. The predicted molar refractivity (Wildman–Crippen MR) is 149 cm³/mol. The number of hydrogen-bond acceptors (Lipinski definition) is 4. The van der Waals surface area contributed by atoms with E-state index in [1.54, 1.807) is 7.05 Å². The number of nitrogens with one attached hydrogen (secondary N) is 2. The average molecular weight is 575 g/mol. The maximum Gasteiger partial charge on any atom is 0.220 e. The van der Waals surface area contributed by atoms with Gasteiger partial charge in [0.1, 0.15) is 5.82 Å². The van der Waals surface area contributed by atoms with Crippen LogP contribution in [0.3, 0.4) is 0 Å². The van der Waals surface area contributed by atoms with Crippen LogP contribution in [0.15, 0.2) is 59.9 Å². The summed E-state index contributed by atoms with van der Waals surface area (Å²) in [5.74, 6) is 1.51. The van der Waals surface area contributed by atoms with Crippen molar-refractivity contribution in [2.45, 2.75) is 32.4 Å². The van der Waals surface area contributed by atoms with Crippen LogP contribution in [-0.4, -0.2) is 48.1 Å². The molecule has 0 atom stereocenters. The number of aliphatic imine (C=N–C) groups is 1. The number of nitrogens with two attached hydrogens (primary N) is 1. The molecular formula is C25H34IN7O. The molecule has 1 fully saturated rings. The highest BCUT2D eigenvalue weighted by atomic mass is 127. The lowest BCUT2D eigenvalue weighted by Crippen LogP contribution is -2.40. The van der Waals surface area contributed by atoms with Crippen molar-refractivity contribution in [2.24, 2.45) is 16.6 Å². The molecule has 3 aromatic rings. The van der Waals surface area contributed by atoms with Crippen LogP contribution in [0.25, 0.3) is 10.9 Å². The van der Waals surface area contributed by atoms with Crippen molar-refractivity contribution in [1.82, 2.24) is 20.2 Å². The molecule has 0 saturated carbocycles. The van der Waals surface area contributed by atoms with E-state index in [0.717, 1.165) is 62.8 Å². The van der Waals surface area contributed by atoms with Crippen LogP contribution in [0.4, 0.5) is 5.82 Å². The molecule has 0 spiro atoms. The number of halogens is 1. The highest BCUT2D eigenvalue weighted by Gasteiger charge is 2.24. The Morgan fingerprint density at radius 1 is 1.15 bits per heavy atom. The molecule has 4 rings (SSSR count). The second kappa shape index (κ2) is 12.6. The fourth-order valence-electron chi connectivity index (χ4n) is 4.42. The predicted octanol–water partition coefficient (Wildman–Crippen LogP) is 3.11. The number of aryl methyl sites for hydroxylation is 1. The van der Waals surface area contributed by atoms with Crippen LogP contribution in [0.2, 0.25) is 0 Å². The minimum atomic E-state index is -0.197. The Morgan fingerprint density at radius 3 is 2.71 bits per heavy atom. The second-order valence-corrected chi connectivity index (χ2v) is 8.42. The van der Waals surface area contributed by atoms with Gasteiger partial charge in [-0.25, -0.2) is 4.98 Å². The lowest BCUT2D eigenvalue weighted by Gasteiger charge is -2.32. The van der Waals surface area contributed by atoms with E-state index in [-0.39, 0.29) is 35.8 Å². The third kappa shape index (κ3) is 6.40. The zero-order valence-electron chi connectivity index (χ0n) is 19.6. The van der Waals surface area contributed by atoms with Gasteiger partial charge in [-0.15, -0.1) is 24.0 Å². The highest BCUT2D eigenvalue weighted by Crippen LogP contribution is 2.24. The SMILES string of the molecule is CN=C(NCCCn1ccc2ccccc21)NCc1cccnc1N1CCC(C(N)=O)CC1.I. The molecule has 1 amide bonds. The molecule has 9 heteroatoms. The first kappa shape index (κ1) is 25.8. The lowest BCUT2D eigenvalue weighted by molar-refractivity contribution is -0.122. The van der Waals surface area contributed by atoms with Gasteiger partial charge in [0.25, 0.3) is 0 Å². The van der Waals surface area contributed by atoms with E-state index in [1.165, 1.54) is 10.9 Å². The number of aromatic nitrogens is 2. The Hall–Kier alpha value is -2.82. The molecule has 0 bridgehead atoms. The number of hydrogen-bond donors (Lipinski definition) is 3. The number of pyridine rings is 1. The maximum absolute atomic E-state index is 11.5. The van der Waals surface area contributed by atoms with Gasteiger partial charge in [-0.3, -0.25) is 9.79 Å². The Balaban J connectivity index is 0.00000324. The molecular weight excluding hydrogens is 541 g/mol. The average Bonchev–Trinajstić information content (AvgIpc) is 3.27. The summed E-state index contributed by atoms with van der Waals surface area (Å²) < 4.78 is 2.29. The number of rotatable bonds is 8. The number of carbonyl (C=O) groups is 1. The number of benzene rings is 1. The number of piperidine rings is 1. The van der Waals surface area contributed by atoms with Crippen LogP contribution in [0, 0.1) is 5.92 Å². The summed E-state index contributed by atoms with van der Waals surface area (Å²) in [5, 5.41) is 8.09. The van der Waals surface area contributed by atoms with E-state index < -0.39 is 0 Å². The molecule has 0 unspecified atom stereocenters. The number of anilines is 1. The first-order valence-corrected chi connectivity index (χ1v) is 11.6. The van der Waals surface area contributed by atoms with Crippen molar-refractivity contribution in [3.63, 3.8) is 0 Å². The largest absolute Gasteiger partial charge is 0.369 e. The third-order valence-corrected chi connectivity index (χ3v) is 6.28. The molecule has 1 aliphatic heterocycles. The summed E-state index contributed by atoms with van der Waals surface area (Å²) in [4.78, 5) is 22.7. The second-order valence-electron chi connectivity index (χ2n) is 8.42. The Morgan fingerprint density at radius 2 is 1.94 bits per heavy atom. The molecule has 3 heterocycles. The van der Waals surface area contributed by atoms with Gasteiger partial charge in [-0.05, 0) is 42.8 Å². The number of para-hydroxylation sites is 1. The van der Waals surface area contributed by atoms with Crippen LogP contribution in [0.5, 0.6) is 0 Å². The van der Waals surface area contributed by atoms with Crippen molar-refractivity contribution in [3.8, 4) is 0 Å². The summed E-state index contributed by atoms with van der Waals surface area (Å²) >= 11 is 0. The van der Waals surface area contributed by atoms with Crippen molar-refractivity contribution in [3.05, 3.63) is 60.4 Å². The molecule has 1 aromatic carbocycles. The molecule has 1 saturated heterocycles. The number of guanidine groups is 1. The molecule has 0 aliphatic carbocycles. The van der Waals surface area contributed by atoms with Crippen LogP contribution in [-0.2, 0) is 17.9 Å². The summed E-state index contributed by atoms with van der Waals surface area (Å²) in [6, 6.07) is 14.6. The van der Waals surface area contributed by atoms with Crippen molar-refractivity contribution >= 4 is 52.6 Å². The highest BCUT2D eigenvalue weighted by molar-refractivity contribution is 14.0. The first-order chi connectivity index (χ1) is 16.2. The topological polar surface area (TPSA) is 101 Å². The normalized spacial score (nSPS) is 14.6. The first-order valence-electron chi connectivity index (χ1n) is 11.6. The quantitative estimate of drug-likeness (QED) is 0.166. The summed E-state index contributed by atoms with van der Waals surface area (Å²) in [6.45, 7) is 3.98. The van der Waals surface area contributed by atoms with Gasteiger partial charge in [0.05, 0.1) is 0 Å². The standard InChI is InChI=1S/C25H33N7O.HI/c1-27-25(29-13-5-14-31-15-9-19-6-2-3-8-22(19)31)30-18-21-7-4-12-28-24(21)32-16-10-20(11-17-32)23(26)33;/h2-4,6-9,12,15,20H,5,10-11,13-14,16-18H2,1H3,(H2,26,33)(H2,27,29,30);1H. The van der Waals surface area contributed by atoms with Crippen molar-refractivity contribution < 1.29 is 4.79 Å². The van der Waals surface area contributed by atoms with E-state index in [0.29, 0.717) is 6.54 Å². The monoisotopic (exact) mass is 575 g/mol. The molecule has 182 valence electrons. The van der Waals surface area contributed by atoms with Gasteiger partial charge in [-0.2, -0.15) is 0 Å². The minimum Gasteiger partial charge on any atom is -0.369 e. The molecule has 0 radical (unpaired) electrons. The van der Waals surface area contributed by atoms with E-state index in [4.69, 9.17) is 5.73 Å². The fourth-order valence-corrected chi connectivity index (χ4v) is 4.42. The number of amides is 1. The zero-order valence-corrected chi connectivity index (χ0v) is 21.9. The minimum absolute atomic E-state index is 0. The maximum atomic E-state index is 11.5. The molecule has 34 heavy (non-hydrogen) atoms. The Kier molecular flexibility index (Phi) is 9.55.